The predicted octanol–water partition coefficient (Wildman–Crippen LogP) is 3.30. The average molecular weight is 328 g/mol. The van der Waals surface area contributed by atoms with Crippen LogP contribution in [0.1, 0.15) is 10.5 Å². The highest BCUT2D eigenvalue weighted by atomic mass is 35.5. The maximum absolute atomic E-state index is 11.7. The minimum Gasteiger partial charge on any atom is -0.497 e. The maximum Gasteiger partial charge on any atom is 0.267 e. The van der Waals surface area contributed by atoms with Gasteiger partial charge in [0.1, 0.15) is 11.4 Å². The van der Waals surface area contributed by atoms with E-state index in [1.165, 1.54) is 4.68 Å². The van der Waals surface area contributed by atoms with Crippen LogP contribution in [0.5, 0.6) is 5.75 Å². The van der Waals surface area contributed by atoms with Crippen LogP contribution in [0, 0.1) is 0 Å². The van der Waals surface area contributed by atoms with Crippen molar-refractivity contribution < 1.29 is 9.53 Å². The van der Waals surface area contributed by atoms with E-state index >= 15 is 0 Å². The fraction of sp³-hybridized carbons (Fsp3) is 0.0588. The predicted molar refractivity (Wildman–Crippen MR) is 89.1 cm³/mol. The number of nitrogens with zero attached hydrogens (tertiary/aromatic N) is 2. The third kappa shape index (κ3) is 3.05. The summed E-state index contributed by atoms with van der Waals surface area (Å²) >= 11 is 5.90. The Morgan fingerprint density at radius 2 is 1.78 bits per heavy atom. The van der Waals surface area contributed by atoms with Gasteiger partial charge in [-0.15, -0.1) is 0 Å². The highest BCUT2D eigenvalue weighted by molar-refractivity contribution is 6.30. The molecule has 0 atom stereocenters. The zero-order valence-corrected chi connectivity index (χ0v) is 13.1. The minimum atomic E-state index is -0.549. The number of halogens is 1. The van der Waals surface area contributed by atoms with Gasteiger partial charge < -0.3 is 10.5 Å². The monoisotopic (exact) mass is 327 g/mol. The van der Waals surface area contributed by atoms with Crippen LogP contribution in [0.25, 0.3) is 16.9 Å². The van der Waals surface area contributed by atoms with E-state index in [2.05, 4.69) is 5.10 Å². The van der Waals surface area contributed by atoms with Crippen molar-refractivity contribution in [3.8, 4) is 22.7 Å². The summed E-state index contributed by atoms with van der Waals surface area (Å²) in [6.07, 6.45) is 0. The van der Waals surface area contributed by atoms with Crippen LogP contribution < -0.4 is 10.5 Å². The number of ether oxygens (including phenoxy) is 1. The molecule has 3 aromatic rings. The first kappa shape index (κ1) is 15.1. The number of hydrogen-bond donors (Lipinski definition) is 1. The molecule has 0 radical (unpaired) electrons. The molecule has 0 bridgehead atoms. The van der Waals surface area contributed by atoms with Crippen molar-refractivity contribution in [1.82, 2.24) is 9.78 Å². The van der Waals surface area contributed by atoms with Crippen molar-refractivity contribution in [1.29, 1.82) is 0 Å². The molecule has 2 aromatic carbocycles. The fourth-order valence-corrected chi connectivity index (χ4v) is 2.36. The van der Waals surface area contributed by atoms with E-state index in [4.69, 9.17) is 22.1 Å². The number of nitrogens with two attached hydrogens (primary N) is 1. The van der Waals surface area contributed by atoms with Gasteiger partial charge in [-0.05, 0) is 54.6 Å². The first-order chi connectivity index (χ1) is 11.1. The summed E-state index contributed by atoms with van der Waals surface area (Å²) in [5.74, 6) is 0.202. The Hall–Kier alpha value is -2.79. The van der Waals surface area contributed by atoms with Crippen LogP contribution in [0.3, 0.4) is 0 Å². The quantitative estimate of drug-likeness (QED) is 0.799. The van der Waals surface area contributed by atoms with E-state index in [0.29, 0.717) is 22.1 Å². The first-order valence-corrected chi connectivity index (χ1v) is 7.26. The molecule has 0 spiro atoms. The van der Waals surface area contributed by atoms with Crippen molar-refractivity contribution in [3.05, 3.63) is 65.3 Å². The fourth-order valence-electron chi connectivity index (χ4n) is 2.24. The van der Waals surface area contributed by atoms with Crippen molar-refractivity contribution in [2.24, 2.45) is 5.73 Å². The number of benzene rings is 2. The van der Waals surface area contributed by atoms with Crippen LogP contribution in [-0.4, -0.2) is 22.8 Å². The van der Waals surface area contributed by atoms with E-state index < -0.39 is 5.91 Å². The molecule has 0 aliphatic rings. The highest BCUT2D eigenvalue weighted by Crippen LogP contribution is 2.24. The molecule has 6 heteroatoms. The second kappa shape index (κ2) is 6.14. The summed E-state index contributed by atoms with van der Waals surface area (Å²) in [5.41, 5.74) is 8.00. The Kier molecular flexibility index (Phi) is 4.04. The van der Waals surface area contributed by atoms with Crippen LogP contribution in [-0.2, 0) is 0 Å². The number of carbonyl (C=O) groups is 1. The Balaban J connectivity index is 2.07. The Morgan fingerprint density at radius 1 is 1.13 bits per heavy atom. The molecule has 23 heavy (non-hydrogen) atoms. The van der Waals surface area contributed by atoms with E-state index in [-0.39, 0.29) is 0 Å². The van der Waals surface area contributed by atoms with Gasteiger partial charge in [-0.2, -0.15) is 5.10 Å². The highest BCUT2D eigenvalue weighted by Gasteiger charge is 2.15. The second-order valence-electron chi connectivity index (χ2n) is 4.90. The molecule has 1 amide bonds. The molecule has 1 aromatic heterocycles. The lowest BCUT2D eigenvalue weighted by Crippen LogP contribution is -2.16. The smallest absolute Gasteiger partial charge is 0.267 e. The number of carbonyl (C=O) groups excluding carboxylic acids is 1. The number of methoxy groups -OCH3 is 1. The van der Waals surface area contributed by atoms with E-state index in [1.54, 1.807) is 37.4 Å². The molecule has 0 fully saturated rings. The minimum absolute atomic E-state index is 0.304. The zero-order valence-electron chi connectivity index (χ0n) is 12.4. The molecule has 0 unspecified atom stereocenters. The van der Waals surface area contributed by atoms with Crippen molar-refractivity contribution in [3.63, 3.8) is 0 Å². The van der Waals surface area contributed by atoms with E-state index in [0.717, 1.165) is 11.3 Å². The topological polar surface area (TPSA) is 70.1 Å². The molecule has 116 valence electrons. The van der Waals surface area contributed by atoms with Gasteiger partial charge in [0.15, 0.2) is 0 Å². The Morgan fingerprint density at radius 3 is 2.35 bits per heavy atom. The van der Waals surface area contributed by atoms with E-state index in [9.17, 15) is 4.79 Å². The maximum atomic E-state index is 11.7. The number of amides is 1. The molecule has 0 aliphatic carbocycles. The first-order valence-electron chi connectivity index (χ1n) is 6.89. The SMILES string of the molecule is COc1ccc(-c2cc(C(N)=O)n(-c3ccc(Cl)cc3)n2)cc1. The molecule has 0 saturated carbocycles. The summed E-state index contributed by atoms with van der Waals surface area (Å²) in [6, 6.07) is 16.1. The molecular formula is C17H14ClN3O2. The van der Waals surface area contributed by atoms with Gasteiger partial charge in [0.05, 0.1) is 18.5 Å². The molecule has 2 N–H and O–H groups in total. The van der Waals surface area contributed by atoms with Gasteiger partial charge in [-0.25, -0.2) is 4.68 Å². The van der Waals surface area contributed by atoms with Crippen LogP contribution in [0.15, 0.2) is 54.6 Å². The second-order valence-corrected chi connectivity index (χ2v) is 5.33. The van der Waals surface area contributed by atoms with Gasteiger partial charge in [0.25, 0.3) is 5.91 Å². The van der Waals surface area contributed by atoms with E-state index in [1.807, 2.05) is 24.3 Å². The normalized spacial score (nSPS) is 10.5. The molecular weight excluding hydrogens is 314 g/mol. The van der Waals surface area contributed by atoms with Crippen molar-refractivity contribution >= 4 is 17.5 Å². The zero-order chi connectivity index (χ0) is 16.4. The number of hydrogen-bond acceptors (Lipinski definition) is 3. The average Bonchev–Trinajstić information content (AvgIpc) is 3.01. The van der Waals surface area contributed by atoms with Gasteiger partial charge in [0.2, 0.25) is 0 Å². The van der Waals surface area contributed by atoms with Gasteiger partial charge in [-0.3, -0.25) is 4.79 Å². The Bertz CT molecular complexity index is 839. The van der Waals surface area contributed by atoms with Crippen LogP contribution in [0.4, 0.5) is 0 Å². The van der Waals surface area contributed by atoms with Crippen LogP contribution in [0.2, 0.25) is 5.02 Å². The summed E-state index contributed by atoms with van der Waals surface area (Å²) in [7, 11) is 1.61. The van der Waals surface area contributed by atoms with Gasteiger partial charge in [0, 0.05) is 10.6 Å². The Labute approximate surface area is 138 Å². The van der Waals surface area contributed by atoms with Crippen molar-refractivity contribution in [2.45, 2.75) is 0 Å². The number of rotatable bonds is 4. The summed E-state index contributed by atoms with van der Waals surface area (Å²) in [5, 5.41) is 5.10. The largest absolute Gasteiger partial charge is 0.497 e. The molecule has 5 nitrogen and oxygen atoms in total. The standard InChI is InChI=1S/C17H14ClN3O2/c1-23-14-8-2-11(3-9-14)15-10-16(17(19)22)21(20-15)13-6-4-12(18)5-7-13/h2-10H,1H3,(H2,19,22). The lowest BCUT2D eigenvalue weighted by atomic mass is 10.1. The molecule has 3 rings (SSSR count). The lowest BCUT2D eigenvalue weighted by Gasteiger charge is -2.04. The van der Waals surface area contributed by atoms with Gasteiger partial charge in [-0.1, -0.05) is 11.6 Å². The molecule has 1 heterocycles. The third-order valence-corrected chi connectivity index (χ3v) is 3.67. The van der Waals surface area contributed by atoms with Crippen molar-refractivity contribution in [2.75, 3.05) is 7.11 Å². The van der Waals surface area contributed by atoms with Crippen LogP contribution >= 0.6 is 11.6 Å². The summed E-state index contributed by atoms with van der Waals surface area (Å²) in [6.45, 7) is 0. The molecule has 0 aliphatic heterocycles. The third-order valence-electron chi connectivity index (χ3n) is 3.42. The number of primary amides is 1. The summed E-state index contributed by atoms with van der Waals surface area (Å²) < 4.78 is 6.65. The summed E-state index contributed by atoms with van der Waals surface area (Å²) in [4.78, 5) is 11.7. The lowest BCUT2D eigenvalue weighted by molar-refractivity contribution is 0.0993. The van der Waals surface area contributed by atoms with Gasteiger partial charge >= 0.3 is 0 Å². The number of aromatic nitrogens is 2. The molecule has 0 saturated heterocycles.